The summed E-state index contributed by atoms with van der Waals surface area (Å²) in [5.41, 5.74) is 0. The molecule has 0 unspecified atom stereocenters. The highest BCUT2D eigenvalue weighted by Gasteiger charge is 2.16. The van der Waals surface area contributed by atoms with Gasteiger partial charge in [-0.1, -0.05) is 0 Å². The Morgan fingerprint density at radius 3 is 2.43 bits per heavy atom. The van der Waals surface area contributed by atoms with Crippen LogP contribution in [0, 0.1) is 0 Å². The van der Waals surface area contributed by atoms with Crippen LogP contribution in [0.25, 0.3) is 0 Å². The van der Waals surface area contributed by atoms with Gasteiger partial charge in [-0.3, -0.25) is 4.79 Å². The van der Waals surface area contributed by atoms with E-state index in [1.54, 1.807) is 7.05 Å². The number of carbonyl (C=O) groups is 2. The van der Waals surface area contributed by atoms with Crippen molar-refractivity contribution in [2.45, 2.75) is 6.92 Å². The predicted molar refractivity (Wildman–Crippen MR) is 48.3 cm³/mol. The maximum Gasteiger partial charge on any atom is 0.371 e. The lowest BCUT2D eigenvalue weighted by atomic mass is 10.4. The van der Waals surface area contributed by atoms with Gasteiger partial charge in [0.15, 0.2) is 5.76 Å². The first-order valence-corrected chi connectivity index (χ1v) is 4.14. The summed E-state index contributed by atoms with van der Waals surface area (Å²) in [4.78, 5) is 23.3. The van der Waals surface area contributed by atoms with E-state index in [1.807, 2.05) is 6.92 Å². The van der Waals surface area contributed by atoms with Gasteiger partial charge in [0.05, 0.1) is 0 Å². The SMILES string of the molecule is CCN(C)C(=O)c1ccc(C(=O)O)o1. The monoisotopic (exact) mass is 197 g/mol. The molecular weight excluding hydrogens is 186 g/mol. The molecule has 1 rings (SSSR count). The maximum absolute atomic E-state index is 11.5. The minimum Gasteiger partial charge on any atom is -0.475 e. The lowest BCUT2D eigenvalue weighted by Crippen LogP contribution is -2.25. The average molecular weight is 197 g/mol. The lowest BCUT2D eigenvalue weighted by Gasteiger charge is -2.11. The number of furan rings is 1. The fraction of sp³-hybridized carbons (Fsp3) is 0.333. The molecule has 1 aromatic heterocycles. The van der Waals surface area contributed by atoms with Crippen molar-refractivity contribution in [1.29, 1.82) is 0 Å². The Kier molecular flexibility index (Phi) is 2.91. The Morgan fingerprint density at radius 2 is 2.00 bits per heavy atom. The molecule has 0 spiro atoms. The van der Waals surface area contributed by atoms with E-state index in [0.29, 0.717) is 6.54 Å². The third-order valence-corrected chi connectivity index (χ3v) is 1.85. The molecule has 1 aromatic rings. The van der Waals surface area contributed by atoms with Crippen molar-refractivity contribution in [2.75, 3.05) is 13.6 Å². The third-order valence-electron chi connectivity index (χ3n) is 1.85. The number of hydrogen-bond donors (Lipinski definition) is 1. The fourth-order valence-corrected chi connectivity index (χ4v) is 0.899. The number of carboxylic acids is 1. The Labute approximate surface area is 80.9 Å². The van der Waals surface area contributed by atoms with Gasteiger partial charge in [0.2, 0.25) is 5.76 Å². The fourth-order valence-electron chi connectivity index (χ4n) is 0.899. The molecule has 0 aromatic carbocycles. The quantitative estimate of drug-likeness (QED) is 0.786. The number of nitrogens with zero attached hydrogens (tertiary/aromatic N) is 1. The first-order chi connectivity index (χ1) is 6.56. The summed E-state index contributed by atoms with van der Waals surface area (Å²) in [6.45, 7) is 2.36. The van der Waals surface area contributed by atoms with Crippen molar-refractivity contribution in [3.8, 4) is 0 Å². The minimum absolute atomic E-state index is 0.0479. The number of carboxylic acid groups (broad SMARTS) is 1. The van der Waals surface area contributed by atoms with Crippen molar-refractivity contribution >= 4 is 11.9 Å². The van der Waals surface area contributed by atoms with Crippen molar-refractivity contribution in [3.05, 3.63) is 23.7 Å². The van der Waals surface area contributed by atoms with E-state index in [1.165, 1.54) is 17.0 Å². The van der Waals surface area contributed by atoms with Crippen LogP contribution in [0.2, 0.25) is 0 Å². The molecule has 1 N–H and O–H groups in total. The van der Waals surface area contributed by atoms with Gasteiger partial charge in [-0.05, 0) is 19.1 Å². The first kappa shape index (κ1) is 10.3. The minimum atomic E-state index is -1.18. The number of rotatable bonds is 3. The summed E-state index contributed by atoms with van der Waals surface area (Å²) < 4.78 is 4.84. The van der Waals surface area contributed by atoms with Crippen LogP contribution in [0.15, 0.2) is 16.5 Å². The molecule has 1 amide bonds. The molecular formula is C9H11NO4. The summed E-state index contributed by atoms with van der Waals surface area (Å²) in [6, 6.07) is 2.62. The molecule has 5 nitrogen and oxygen atoms in total. The molecule has 0 fully saturated rings. The average Bonchev–Trinajstić information content (AvgIpc) is 2.64. The normalized spacial score (nSPS) is 9.86. The van der Waals surface area contributed by atoms with Crippen LogP contribution < -0.4 is 0 Å². The third kappa shape index (κ3) is 1.93. The van der Waals surface area contributed by atoms with Gasteiger partial charge in [-0.2, -0.15) is 0 Å². The summed E-state index contributed by atoms with van der Waals surface area (Å²) in [6.07, 6.45) is 0. The second kappa shape index (κ2) is 3.95. The number of hydrogen-bond acceptors (Lipinski definition) is 3. The maximum atomic E-state index is 11.5. The van der Waals surface area contributed by atoms with Gasteiger partial charge in [-0.15, -0.1) is 0 Å². The zero-order valence-electron chi connectivity index (χ0n) is 7.98. The van der Waals surface area contributed by atoms with Gasteiger partial charge in [-0.25, -0.2) is 4.79 Å². The number of aromatic carboxylic acids is 1. The Balaban J connectivity index is 2.87. The zero-order valence-corrected chi connectivity index (χ0v) is 7.98. The van der Waals surface area contributed by atoms with Crippen LogP contribution in [0.5, 0.6) is 0 Å². The van der Waals surface area contributed by atoms with Crippen LogP contribution in [0.1, 0.15) is 28.0 Å². The molecule has 76 valence electrons. The molecule has 0 atom stereocenters. The van der Waals surface area contributed by atoms with Crippen LogP contribution in [-0.4, -0.2) is 35.5 Å². The van der Waals surface area contributed by atoms with E-state index in [4.69, 9.17) is 9.52 Å². The van der Waals surface area contributed by atoms with Crippen molar-refractivity contribution in [3.63, 3.8) is 0 Å². The number of amides is 1. The molecule has 14 heavy (non-hydrogen) atoms. The van der Waals surface area contributed by atoms with Crippen LogP contribution in [0.4, 0.5) is 0 Å². The molecule has 0 saturated heterocycles. The second-order valence-corrected chi connectivity index (χ2v) is 2.79. The molecule has 0 aliphatic rings. The van der Waals surface area contributed by atoms with Crippen LogP contribution in [-0.2, 0) is 0 Å². The van der Waals surface area contributed by atoms with Crippen molar-refractivity contribution in [1.82, 2.24) is 4.90 Å². The van der Waals surface area contributed by atoms with Gasteiger partial charge in [0.25, 0.3) is 5.91 Å². The van der Waals surface area contributed by atoms with E-state index >= 15 is 0 Å². The van der Waals surface area contributed by atoms with Gasteiger partial charge >= 0.3 is 5.97 Å². The Morgan fingerprint density at radius 1 is 1.43 bits per heavy atom. The predicted octanol–water partition coefficient (Wildman–Crippen LogP) is 1.07. The van der Waals surface area contributed by atoms with E-state index in [9.17, 15) is 9.59 Å². The zero-order chi connectivity index (χ0) is 10.7. The Bertz CT molecular complexity index is 355. The van der Waals surface area contributed by atoms with Crippen molar-refractivity contribution < 1.29 is 19.1 Å². The molecule has 0 bridgehead atoms. The largest absolute Gasteiger partial charge is 0.475 e. The molecule has 1 heterocycles. The van der Waals surface area contributed by atoms with Gasteiger partial charge in [0, 0.05) is 13.6 Å². The Hall–Kier alpha value is -1.78. The van der Waals surface area contributed by atoms with E-state index in [0.717, 1.165) is 0 Å². The highest BCUT2D eigenvalue weighted by molar-refractivity contribution is 5.93. The van der Waals surface area contributed by atoms with Crippen LogP contribution >= 0.6 is 0 Å². The summed E-state index contributed by atoms with van der Waals surface area (Å²) in [7, 11) is 1.62. The topological polar surface area (TPSA) is 70.8 Å². The van der Waals surface area contributed by atoms with E-state index in [-0.39, 0.29) is 17.4 Å². The summed E-state index contributed by atoms with van der Waals surface area (Å²) in [5, 5.41) is 8.56. The summed E-state index contributed by atoms with van der Waals surface area (Å²) >= 11 is 0. The van der Waals surface area contributed by atoms with Gasteiger partial charge < -0.3 is 14.4 Å². The molecule has 0 radical (unpaired) electrons. The lowest BCUT2D eigenvalue weighted by molar-refractivity contribution is 0.0654. The molecule has 0 saturated carbocycles. The molecule has 0 aliphatic heterocycles. The standard InChI is InChI=1S/C9H11NO4/c1-3-10(2)8(11)6-4-5-7(14-6)9(12)13/h4-5H,3H2,1-2H3,(H,12,13). The molecule has 0 aliphatic carbocycles. The van der Waals surface area contributed by atoms with E-state index < -0.39 is 5.97 Å². The first-order valence-electron chi connectivity index (χ1n) is 4.14. The van der Waals surface area contributed by atoms with Gasteiger partial charge in [0.1, 0.15) is 0 Å². The number of carbonyl (C=O) groups excluding carboxylic acids is 1. The smallest absolute Gasteiger partial charge is 0.371 e. The van der Waals surface area contributed by atoms with E-state index in [2.05, 4.69) is 0 Å². The second-order valence-electron chi connectivity index (χ2n) is 2.79. The highest BCUT2D eigenvalue weighted by atomic mass is 16.4. The van der Waals surface area contributed by atoms with Crippen LogP contribution in [0.3, 0.4) is 0 Å². The van der Waals surface area contributed by atoms with Crippen molar-refractivity contribution in [2.24, 2.45) is 0 Å². The summed E-state index contributed by atoms with van der Waals surface area (Å²) in [5.74, 6) is -1.67. The highest BCUT2D eigenvalue weighted by Crippen LogP contribution is 2.09. The molecule has 5 heteroatoms.